The molecule has 12 unspecified atom stereocenters. The molecule has 0 aliphatic carbocycles. The van der Waals surface area contributed by atoms with E-state index in [1.807, 2.05) is 83.1 Å². The molecule has 4 rings (SSSR count). The maximum Gasteiger partial charge on any atom is 0.330 e. The van der Waals surface area contributed by atoms with Crippen LogP contribution in [0.25, 0.3) is 0 Å². The highest BCUT2D eigenvalue weighted by Gasteiger charge is 2.46. The molecule has 4 N–H and O–H groups in total. The van der Waals surface area contributed by atoms with E-state index in [1.165, 1.54) is 47.8 Å². The summed E-state index contributed by atoms with van der Waals surface area (Å²) in [4.78, 5) is 141. The predicted molar refractivity (Wildman–Crippen MR) is 301 cm³/mol. The van der Waals surface area contributed by atoms with Crippen molar-refractivity contribution in [1.29, 1.82) is 0 Å². The molecule has 19 nitrogen and oxygen atoms in total. The highest BCUT2D eigenvalue weighted by atomic mass is 16.6. The summed E-state index contributed by atoms with van der Waals surface area (Å²) in [5.74, 6) is -9.22. The number of carbonyl (C=O) groups is 9. The summed E-state index contributed by atoms with van der Waals surface area (Å²) in [5.41, 5.74) is 1.43. The average Bonchev–Trinajstić information content (AvgIpc) is 3.95. The number of amides is 8. The lowest BCUT2D eigenvalue weighted by Crippen LogP contribution is -2.62. The van der Waals surface area contributed by atoms with Crippen LogP contribution >= 0.6 is 0 Å². The summed E-state index contributed by atoms with van der Waals surface area (Å²) in [6, 6.07) is 8.50. The number of esters is 1. The van der Waals surface area contributed by atoms with Gasteiger partial charge in [0.2, 0.25) is 41.4 Å². The number of aliphatic hydroxyl groups excluding tert-OH is 1. The van der Waals surface area contributed by atoms with Gasteiger partial charge in [-0.3, -0.25) is 38.4 Å². The van der Waals surface area contributed by atoms with Crippen molar-refractivity contribution in [2.45, 2.75) is 176 Å². The summed E-state index contributed by atoms with van der Waals surface area (Å²) in [6.45, 7) is 19.1. The lowest BCUT2D eigenvalue weighted by atomic mass is 9.94. The zero-order valence-electron chi connectivity index (χ0n) is 49.6. The smallest absolute Gasteiger partial charge is 0.330 e. The number of nitrogens with zero attached hydrogens (tertiary/aromatic N) is 5. The van der Waals surface area contributed by atoms with E-state index in [4.69, 9.17) is 4.74 Å². The van der Waals surface area contributed by atoms with Gasteiger partial charge in [-0.05, 0) is 60.5 Å². The van der Waals surface area contributed by atoms with E-state index in [9.17, 15) is 38.7 Å². The molecule has 2 fully saturated rings. The second kappa shape index (κ2) is 29.7. The summed E-state index contributed by atoms with van der Waals surface area (Å²) < 4.78 is 6.14. The number of cyclic esters (lactones) is 1. The van der Waals surface area contributed by atoms with Gasteiger partial charge in [0.25, 0.3) is 5.91 Å². The third kappa shape index (κ3) is 16.4. The molecule has 2 aliphatic heterocycles. The Hall–Kier alpha value is -6.37. The third-order valence-electron chi connectivity index (χ3n) is 16.0. The van der Waals surface area contributed by atoms with Crippen LogP contribution in [0.5, 0.6) is 0 Å². The molecule has 19 heteroatoms. The van der Waals surface area contributed by atoms with Crippen LogP contribution in [0, 0.1) is 35.5 Å². The van der Waals surface area contributed by atoms with Crippen LogP contribution in [-0.4, -0.2) is 179 Å². The number of benzene rings is 2. The van der Waals surface area contributed by atoms with Crippen molar-refractivity contribution < 1.29 is 53.0 Å². The SMILES string of the molecule is CCC(C)C1NC(=O)C2CCCN2C(=O)C(Cc2ccccc2)N(C)C(=O)C(Cc2ccccc2)NC(=O)C(C(C)C)N(C)C(=O)C(C(C)CC)OC(=O)C(C(C)CO)N(C)C(=O)C(CC(C)C)NC(=O)C(C(C)C)N(C)C1=O. The van der Waals surface area contributed by atoms with Crippen LogP contribution in [0.2, 0.25) is 0 Å². The second-order valence-electron chi connectivity index (χ2n) is 23.2. The Balaban J connectivity index is 1.97. The molecule has 0 aromatic heterocycles. The predicted octanol–water partition coefficient (Wildman–Crippen LogP) is 4.23. The second-order valence-corrected chi connectivity index (χ2v) is 23.2. The topological polar surface area (TPSA) is 235 Å². The van der Waals surface area contributed by atoms with Crippen LogP contribution in [0.15, 0.2) is 60.7 Å². The van der Waals surface area contributed by atoms with Crippen molar-refractivity contribution in [1.82, 2.24) is 40.4 Å². The molecular formula is C60H92N8O11. The van der Waals surface area contributed by atoms with Crippen LogP contribution in [-0.2, 0) is 60.7 Å². The van der Waals surface area contributed by atoms with Gasteiger partial charge in [-0.1, -0.05) is 143 Å². The van der Waals surface area contributed by atoms with Gasteiger partial charge in [0.1, 0.15) is 48.3 Å². The molecular weight excluding hydrogens is 1010 g/mol. The van der Waals surface area contributed by atoms with Crippen molar-refractivity contribution >= 4 is 53.2 Å². The van der Waals surface area contributed by atoms with Gasteiger partial charge in [-0.2, -0.15) is 0 Å². The number of likely N-dealkylation sites (N-methyl/N-ethyl adjacent to an activating group) is 4. The molecule has 2 heterocycles. The highest BCUT2D eigenvalue weighted by Crippen LogP contribution is 2.27. The zero-order chi connectivity index (χ0) is 59.2. The van der Waals surface area contributed by atoms with Gasteiger partial charge in [0.05, 0.1) is 0 Å². The minimum absolute atomic E-state index is 0.000712. The van der Waals surface area contributed by atoms with E-state index in [0.29, 0.717) is 24.8 Å². The highest BCUT2D eigenvalue weighted by molar-refractivity contribution is 5.99. The van der Waals surface area contributed by atoms with Gasteiger partial charge in [0.15, 0.2) is 6.10 Å². The van der Waals surface area contributed by atoms with Crippen LogP contribution in [0.3, 0.4) is 0 Å². The first kappa shape index (κ1) is 65.2. The Morgan fingerprint density at radius 3 is 1.52 bits per heavy atom. The van der Waals surface area contributed by atoms with Crippen LogP contribution < -0.4 is 16.0 Å². The van der Waals surface area contributed by atoms with Gasteiger partial charge in [-0.25, -0.2) is 4.79 Å². The summed E-state index contributed by atoms with van der Waals surface area (Å²) in [6.07, 6.45) is 0.217. The Morgan fingerprint density at radius 2 is 1.03 bits per heavy atom. The van der Waals surface area contributed by atoms with E-state index >= 15 is 9.59 Å². The molecule has 12 atom stereocenters. The zero-order valence-corrected chi connectivity index (χ0v) is 49.6. The first-order valence-electron chi connectivity index (χ1n) is 28.4. The van der Waals surface area contributed by atoms with Crippen molar-refractivity contribution in [2.75, 3.05) is 41.3 Å². The lowest BCUT2D eigenvalue weighted by molar-refractivity contribution is -0.172. The Kier molecular flexibility index (Phi) is 24.5. The lowest BCUT2D eigenvalue weighted by Gasteiger charge is -2.38. The number of nitrogens with one attached hydrogen (secondary N) is 3. The minimum Gasteiger partial charge on any atom is -0.450 e. The Labute approximate surface area is 469 Å². The van der Waals surface area contributed by atoms with Crippen LogP contribution in [0.1, 0.15) is 119 Å². The van der Waals surface area contributed by atoms with Crippen molar-refractivity contribution in [2.24, 2.45) is 35.5 Å². The molecule has 2 aromatic carbocycles. The number of hydrogen-bond donors (Lipinski definition) is 4. The van der Waals surface area contributed by atoms with E-state index in [0.717, 1.165) is 10.5 Å². The van der Waals surface area contributed by atoms with E-state index in [2.05, 4.69) is 16.0 Å². The monoisotopic (exact) mass is 1100 g/mol. The number of aliphatic hydroxyl groups is 1. The molecule has 79 heavy (non-hydrogen) atoms. The molecule has 0 radical (unpaired) electrons. The standard InChI is InChI=1S/C60H92N8O11/c1-16-38(9)47-58(76)65(13)48(36(5)6)53(71)61-43(31-35(3)4)56(74)67(15)50(40(11)34-69)60(78)79-51(39(10)17-2)59(77)66(14)49(37(7)8)54(72)62-44(32-41-25-20-18-21-26-41)55(73)64(12)46(33-42-27-22-19-23-28-42)57(75)68-30-24-29-45(68)52(70)63-47/h18-23,25-28,35-40,43-51,69H,16-17,24,29-34H2,1-15H3,(H,61,71)(H,62,72)(H,63,70). The molecule has 2 aromatic rings. The van der Waals surface area contributed by atoms with Gasteiger partial charge in [-0.15, -0.1) is 0 Å². The Morgan fingerprint density at radius 1 is 0.544 bits per heavy atom. The van der Waals surface area contributed by atoms with Gasteiger partial charge >= 0.3 is 5.97 Å². The van der Waals surface area contributed by atoms with Crippen molar-refractivity contribution in [3.05, 3.63) is 71.8 Å². The summed E-state index contributed by atoms with van der Waals surface area (Å²) >= 11 is 0. The van der Waals surface area contributed by atoms with Crippen LogP contribution in [0.4, 0.5) is 0 Å². The largest absolute Gasteiger partial charge is 0.450 e. The number of rotatable bonds is 14. The molecule has 2 saturated heterocycles. The normalized spacial score (nSPS) is 26.7. The van der Waals surface area contributed by atoms with Crippen molar-refractivity contribution in [3.8, 4) is 0 Å². The number of fused-ring (bicyclic) bond motifs is 1. The fourth-order valence-corrected chi connectivity index (χ4v) is 10.9. The maximum atomic E-state index is 15.3. The fourth-order valence-electron chi connectivity index (χ4n) is 10.9. The molecule has 438 valence electrons. The van der Waals surface area contributed by atoms with Gasteiger partial charge < -0.3 is 50.3 Å². The number of ether oxygens (including phenoxy) is 1. The number of carbonyl (C=O) groups excluding carboxylic acids is 9. The van der Waals surface area contributed by atoms with E-state index in [1.54, 1.807) is 53.7 Å². The Bertz CT molecular complexity index is 2400. The van der Waals surface area contributed by atoms with E-state index in [-0.39, 0.29) is 38.1 Å². The molecule has 8 amide bonds. The molecule has 0 bridgehead atoms. The molecule has 0 saturated carbocycles. The van der Waals surface area contributed by atoms with Crippen molar-refractivity contribution in [3.63, 3.8) is 0 Å². The first-order chi connectivity index (χ1) is 37.2. The molecule has 2 aliphatic rings. The minimum atomic E-state index is -1.48. The van der Waals surface area contributed by atoms with Gasteiger partial charge in [0, 0.05) is 66.0 Å². The quantitative estimate of drug-likeness (QED) is 0.196. The summed E-state index contributed by atoms with van der Waals surface area (Å²) in [5, 5.41) is 19.4. The van der Waals surface area contributed by atoms with E-state index < -0.39 is 144 Å². The fraction of sp³-hybridized carbons (Fsp3) is 0.650. The maximum absolute atomic E-state index is 15.3. The summed E-state index contributed by atoms with van der Waals surface area (Å²) in [7, 11) is 5.76. The molecule has 0 spiro atoms. The number of hydrogen-bond acceptors (Lipinski definition) is 11. The first-order valence-corrected chi connectivity index (χ1v) is 28.4. The third-order valence-corrected chi connectivity index (χ3v) is 16.0. The average molecular weight is 1100 g/mol.